The summed E-state index contributed by atoms with van der Waals surface area (Å²) in [4.78, 5) is 24.3. The van der Waals surface area contributed by atoms with Crippen molar-refractivity contribution >= 4 is 11.9 Å². The lowest BCUT2D eigenvalue weighted by Gasteiger charge is -2.30. The molecule has 19 heavy (non-hydrogen) atoms. The molecule has 1 aromatic carbocycles. The molecule has 1 fully saturated rings. The number of halogens is 1. The lowest BCUT2D eigenvalue weighted by atomic mass is 10.1. The first-order chi connectivity index (χ1) is 9.06. The van der Waals surface area contributed by atoms with Crippen LogP contribution in [0.15, 0.2) is 24.3 Å². The number of rotatable bonds is 3. The van der Waals surface area contributed by atoms with Gasteiger partial charge in [0.25, 0.3) is 0 Å². The molecule has 0 aliphatic carbocycles. The topological polar surface area (TPSA) is 66.8 Å². The highest BCUT2D eigenvalue weighted by molar-refractivity contribution is 5.80. The summed E-state index contributed by atoms with van der Waals surface area (Å²) in [5.74, 6) is -1.60. The van der Waals surface area contributed by atoms with E-state index in [2.05, 4.69) is 0 Å². The van der Waals surface area contributed by atoms with E-state index in [4.69, 9.17) is 9.84 Å². The van der Waals surface area contributed by atoms with Crippen molar-refractivity contribution in [2.45, 2.75) is 12.5 Å². The van der Waals surface area contributed by atoms with E-state index in [1.54, 1.807) is 12.1 Å². The highest BCUT2D eigenvalue weighted by atomic mass is 19.1. The summed E-state index contributed by atoms with van der Waals surface area (Å²) in [5.41, 5.74) is 0.699. The Morgan fingerprint density at radius 3 is 2.68 bits per heavy atom. The fraction of sp³-hybridized carbons (Fsp3) is 0.385. The second kappa shape index (κ2) is 5.79. The van der Waals surface area contributed by atoms with Crippen LogP contribution in [0.25, 0.3) is 0 Å². The summed E-state index contributed by atoms with van der Waals surface area (Å²) in [6.07, 6.45) is -0.835. The van der Waals surface area contributed by atoms with Crippen molar-refractivity contribution in [1.82, 2.24) is 4.90 Å². The van der Waals surface area contributed by atoms with Crippen molar-refractivity contribution < 1.29 is 23.8 Å². The number of carbonyl (C=O) groups is 2. The number of benzene rings is 1. The Morgan fingerprint density at radius 1 is 1.37 bits per heavy atom. The zero-order chi connectivity index (χ0) is 13.8. The number of aliphatic carboxylic acids is 1. The predicted molar refractivity (Wildman–Crippen MR) is 64.1 cm³/mol. The SMILES string of the molecule is O=C(O)[C@H]1CN(C(=O)Cc2ccc(F)cc2)CCO1. The van der Waals surface area contributed by atoms with Crippen LogP contribution in [0.1, 0.15) is 5.56 Å². The lowest BCUT2D eigenvalue weighted by Crippen LogP contribution is -2.49. The lowest BCUT2D eigenvalue weighted by molar-refractivity contribution is -0.159. The molecule has 1 aromatic rings. The van der Waals surface area contributed by atoms with Crippen molar-refractivity contribution in [2.24, 2.45) is 0 Å². The van der Waals surface area contributed by atoms with Gasteiger partial charge < -0.3 is 14.7 Å². The van der Waals surface area contributed by atoms with Crippen LogP contribution < -0.4 is 0 Å². The Kier molecular flexibility index (Phi) is 4.11. The van der Waals surface area contributed by atoms with Gasteiger partial charge in [-0.25, -0.2) is 9.18 Å². The monoisotopic (exact) mass is 267 g/mol. The van der Waals surface area contributed by atoms with Crippen molar-refractivity contribution in [3.63, 3.8) is 0 Å². The summed E-state index contributed by atoms with van der Waals surface area (Å²) in [5, 5.41) is 8.85. The van der Waals surface area contributed by atoms with Crippen LogP contribution in [0.5, 0.6) is 0 Å². The molecule has 6 heteroatoms. The van der Waals surface area contributed by atoms with Crippen molar-refractivity contribution in [3.05, 3.63) is 35.6 Å². The molecule has 1 aliphatic rings. The number of hydrogen-bond acceptors (Lipinski definition) is 3. The minimum atomic E-state index is -1.07. The number of carboxylic acids is 1. The minimum absolute atomic E-state index is 0.0510. The number of carbonyl (C=O) groups excluding carboxylic acids is 1. The van der Waals surface area contributed by atoms with Gasteiger partial charge in [0, 0.05) is 6.54 Å². The highest BCUT2D eigenvalue weighted by Gasteiger charge is 2.28. The maximum atomic E-state index is 12.7. The number of nitrogens with zero attached hydrogens (tertiary/aromatic N) is 1. The molecule has 0 spiro atoms. The highest BCUT2D eigenvalue weighted by Crippen LogP contribution is 2.10. The molecule has 2 rings (SSSR count). The van der Waals surface area contributed by atoms with Crippen LogP contribution in [0.3, 0.4) is 0 Å². The summed E-state index contributed by atoms with van der Waals surface area (Å²) in [6.45, 7) is 0.644. The average Bonchev–Trinajstić information content (AvgIpc) is 2.41. The van der Waals surface area contributed by atoms with Gasteiger partial charge in [-0.15, -0.1) is 0 Å². The van der Waals surface area contributed by atoms with Gasteiger partial charge >= 0.3 is 5.97 Å². The smallest absolute Gasteiger partial charge is 0.334 e. The van der Waals surface area contributed by atoms with Crippen LogP contribution in [0.2, 0.25) is 0 Å². The van der Waals surface area contributed by atoms with E-state index in [1.165, 1.54) is 17.0 Å². The van der Waals surface area contributed by atoms with Gasteiger partial charge in [0.15, 0.2) is 6.10 Å². The molecule has 0 aromatic heterocycles. The summed E-state index contributed by atoms with van der Waals surface area (Å²) < 4.78 is 17.8. The van der Waals surface area contributed by atoms with Crippen molar-refractivity contribution in [1.29, 1.82) is 0 Å². The summed E-state index contributed by atoms with van der Waals surface area (Å²) >= 11 is 0. The van der Waals surface area contributed by atoms with E-state index in [-0.39, 0.29) is 31.3 Å². The third-order valence-electron chi connectivity index (χ3n) is 2.96. The molecule has 1 amide bonds. The van der Waals surface area contributed by atoms with E-state index >= 15 is 0 Å². The molecule has 1 atom stereocenters. The molecule has 1 saturated heterocycles. The second-order valence-corrected chi connectivity index (χ2v) is 4.34. The molecule has 1 N–H and O–H groups in total. The third-order valence-corrected chi connectivity index (χ3v) is 2.96. The number of hydrogen-bond donors (Lipinski definition) is 1. The molecule has 5 nitrogen and oxygen atoms in total. The van der Waals surface area contributed by atoms with E-state index in [0.717, 1.165) is 0 Å². The average molecular weight is 267 g/mol. The van der Waals surface area contributed by atoms with Crippen LogP contribution in [0.4, 0.5) is 4.39 Å². The van der Waals surface area contributed by atoms with Gasteiger partial charge in [0.1, 0.15) is 5.82 Å². The number of carboxylic acid groups (broad SMARTS) is 1. The Bertz CT molecular complexity index is 474. The Labute approximate surface area is 109 Å². The van der Waals surface area contributed by atoms with E-state index in [9.17, 15) is 14.0 Å². The maximum absolute atomic E-state index is 12.7. The first kappa shape index (κ1) is 13.5. The van der Waals surface area contributed by atoms with E-state index in [1.807, 2.05) is 0 Å². The molecule has 0 unspecified atom stereocenters. The van der Waals surface area contributed by atoms with Gasteiger partial charge in [0.05, 0.1) is 19.6 Å². The third kappa shape index (κ3) is 3.51. The fourth-order valence-electron chi connectivity index (χ4n) is 1.91. The molecular weight excluding hydrogens is 253 g/mol. The molecule has 1 heterocycles. The first-order valence-corrected chi connectivity index (χ1v) is 5.93. The zero-order valence-corrected chi connectivity index (χ0v) is 10.2. The maximum Gasteiger partial charge on any atom is 0.334 e. The Morgan fingerprint density at radius 2 is 2.05 bits per heavy atom. The second-order valence-electron chi connectivity index (χ2n) is 4.34. The van der Waals surface area contributed by atoms with Gasteiger partial charge in [-0.05, 0) is 17.7 Å². The molecular formula is C13H14FNO4. The Balaban J connectivity index is 1.96. The van der Waals surface area contributed by atoms with Gasteiger partial charge in [-0.2, -0.15) is 0 Å². The first-order valence-electron chi connectivity index (χ1n) is 5.93. The predicted octanol–water partition coefficient (Wildman–Crippen LogP) is 0.680. The molecule has 0 radical (unpaired) electrons. The largest absolute Gasteiger partial charge is 0.479 e. The van der Waals surface area contributed by atoms with Crippen molar-refractivity contribution in [3.8, 4) is 0 Å². The normalized spacial score (nSPS) is 19.2. The molecule has 102 valence electrons. The quantitative estimate of drug-likeness (QED) is 0.874. The van der Waals surface area contributed by atoms with Crippen LogP contribution >= 0.6 is 0 Å². The molecule has 0 bridgehead atoms. The molecule has 1 aliphatic heterocycles. The number of ether oxygens (including phenoxy) is 1. The van der Waals surface area contributed by atoms with Gasteiger partial charge in [-0.3, -0.25) is 4.79 Å². The number of amides is 1. The Hall–Kier alpha value is -1.95. The van der Waals surface area contributed by atoms with E-state index < -0.39 is 12.1 Å². The number of morpholine rings is 1. The zero-order valence-electron chi connectivity index (χ0n) is 10.2. The fourth-order valence-corrected chi connectivity index (χ4v) is 1.91. The minimum Gasteiger partial charge on any atom is -0.479 e. The van der Waals surface area contributed by atoms with Crippen LogP contribution in [-0.4, -0.2) is 47.7 Å². The molecule has 0 saturated carbocycles. The van der Waals surface area contributed by atoms with Crippen LogP contribution in [0, 0.1) is 5.82 Å². The van der Waals surface area contributed by atoms with Crippen molar-refractivity contribution in [2.75, 3.05) is 19.7 Å². The summed E-state index contributed by atoms with van der Waals surface area (Å²) in [6, 6.07) is 5.68. The van der Waals surface area contributed by atoms with E-state index in [0.29, 0.717) is 12.1 Å². The van der Waals surface area contributed by atoms with Gasteiger partial charge in [0.2, 0.25) is 5.91 Å². The summed E-state index contributed by atoms with van der Waals surface area (Å²) in [7, 11) is 0. The van der Waals surface area contributed by atoms with Gasteiger partial charge in [-0.1, -0.05) is 12.1 Å². The standard InChI is InChI=1S/C13H14FNO4/c14-10-3-1-9(2-4-10)7-12(16)15-5-6-19-11(8-15)13(17)18/h1-4,11H,5-8H2,(H,17,18)/t11-/m1/s1. The van der Waals surface area contributed by atoms with Crippen LogP contribution in [-0.2, 0) is 20.7 Å².